The van der Waals surface area contributed by atoms with E-state index in [1.165, 1.54) is 7.11 Å². The molecule has 1 amide bonds. The topological polar surface area (TPSA) is 64.6 Å². The highest BCUT2D eigenvalue weighted by atomic mass is 35.5. The average molecular weight is 374 g/mol. The number of amides is 1. The fourth-order valence-electron chi connectivity index (χ4n) is 2.94. The molecule has 0 aromatic heterocycles. The third kappa shape index (κ3) is 4.77. The summed E-state index contributed by atoms with van der Waals surface area (Å²) in [7, 11) is 1.34. The first-order chi connectivity index (χ1) is 11.5. The van der Waals surface area contributed by atoms with Gasteiger partial charge in [0.1, 0.15) is 11.3 Å². The number of methoxy groups -OCH3 is 1. The third-order valence-corrected chi connectivity index (χ3v) is 4.71. The number of halogens is 2. The van der Waals surface area contributed by atoms with Gasteiger partial charge in [0.05, 0.1) is 12.1 Å². The van der Waals surface area contributed by atoms with Crippen molar-refractivity contribution in [2.24, 2.45) is 0 Å². The quantitative estimate of drug-likeness (QED) is 0.630. The molecule has 0 atom stereocenters. The van der Waals surface area contributed by atoms with Crippen molar-refractivity contribution >= 4 is 35.1 Å². The summed E-state index contributed by atoms with van der Waals surface area (Å²) in [4.78, 5) is 24.5. The van der Waals surface area contributed by atoms with Gasteiger partial charge in [0, 0.05) is 11.1 Å². The molecule has 1 N–H and O–H groups in total. The Hall–Kier alpha value is -1.46. The fourth-order valence-corrected chi connectivity index (χ4v) is 3.28. The number of benzene rings is 1. The first-order valence-electron chi connectivity index (χ1n) is 7.94. The number of carbonyl (C=O) groups excluding carboxylic acids is 2. The number of hydrogen-bond acceptors (Lipinski definition) is 4. The van der Waals surface area contributed by atoms with Crippen molar-refractivity contribution in [1.82, 2.24) is 5.32 Å². The summed E-state index contributed by atoms with van der Waals surface area (Å²) < 4.78 is 10.3. The van der Waals surface area contributed by atoms with Crippen molar-refractivity contribution in [2.45, 2.75) is 44.1 Å². The van der Waals surface area contributed by atoms with Crippen LogP contribution in [0.15, 0.2) is 18.2 Å². The molecule has 0 saturated heterocycles. The minimum absolute atomic E-state index is 0.251. The van der Waals surface area contributed by atoms with E-state index < -0.39 is 17.4 Å². The maximum absolute atomic E-state index is 12.3. The van der Waals surface area contributed by atoms with Crippen LogP contribution < -0.4 is 10.1 Å². The molecule has 1 aliphatic carbocycles. The Kier molecular flexibility index (Phi) is 6.75. The molecule has 0 radical (unpaired) electrons. The second-order valence-electron chi connectivity index (χ2n) is 5.90. The molecule has 0 heterocycles. The molecule has 0 bridgehead atoms. The Morgan fingerprint density at radius 3 is 2.46 bits per heavy atom. The molecule has 5 nitrogen and oxygen atoms in total. The van der Waals surface area contributed by atoms with Crippen LogP contribution in [0, 0.1) is 0 Å². The van der Waals surface area contributed by atoms with Crippen LogP contribution in [0.1, 0.15) is 38.5 Å². The van der Waals surface area contributed by atoms with E-state index in [0.29, 0.717) is 28.6 Å². The Balaban J connectivity index is 2.02. The molecule has 1 aliphatic rings. The molecule has 0 aliphatic heterocycles. The fraction of sp³-hybridized carbons (Fsp3) is 0.529. The molecule has 1 aromatic rings. The summed E-state index contributed by atoms with van der Waals surface area (Å²) in [6, 6.07) is 4.77. The van der Waals surface area contributed by atoms with E-state index in [0.717, 1.165) is 25.7 Å². The lowest BCUT2D eigenvalue weighted by Gasteiger charge is -2.30. The molecule has 1 aromatic carbocycles. The first-order valence-corrected chi connectivity index (χ1v) is 8.70. The van der Waals surface area contributed by atoms with Crippen molar-refractivity contribution in [3.63, 3.8) is 0 Å². The highest BCUT2D eigenvalue weighted by molar-refractivity contribution is 6.34. The largest absolute Gasteiger partial charge is 0.482 e. The van der Waals surface area contributed by atoms with Gasteiger partial charge in [0.2, 0.25) is 0 Å². The summed E-state index contributed by atoms with van der Waals surface area (Å²) in [5.74, 6) is -0.468. The second-order valence-corrected chi connectivity index (χ2v) is 6.74. The first kappa shape index (κ1) is 18.9. The van der Waals surface area contributed by atoms with Crippen molar-refractivity contribution in [2.75, 3.05) is 13.7 Å². The van der Waals surface area contributed by atoms with Crippen LogP contribution in [0.2, 0.25) is 10.0 Å². The normalized spacial score (nSPS) is 16.8. The van der Waals surface area contributed by atoms with Crippen molar-refractivity contribution < 1.29 is 19.1 Å². The summed E-state index contributed by atoms with van der Waals surface area (Å²) in [5.41, 5.74) is -0.968. The van der Waals surface area contributed by atoms with Gasteiger partial charge in [-0.05, 0) is 25.0 Å². The van der Waals surface area contributed by atoms with E-state index in [1.807, 2.05) is 0 Å². The number of esters is 1. The van der Waals surface area contributed by atoms with Gasteiger partial charge in [-0.3, -0.25) is 4.79 Å². The maximum atomic E-state index is 12.3. The van der Waals surface area contributed by atoms with E-state index in [-0.39, 0.29) is 6.61 Å². The minimum atomic E-state index is -0.968. The van der Waals surface area contributed by atoms with Crippen LogP contribution in [-0.2, 0) is 14.3 Å². The lowest BCUT2D eigenvalue weighted by molar-refractivity contribution is -0.152. The summed E-state index contributed by atoms with van der Waals surface area (Å²) in [6.45, 7) is -0.251. The molecule has 0 unspecified atom stereocenters. The van der Waals surface area contributed by atoms with Gasteiger partial charge in [-0.25, -0.2) is 4.79 Å². The molecule has 1 saturated carbocycles. The summed E-state index contributed by atoms with van der Waals surface area (Å²) in [5, 5.41) is 3.64. The molecule has 1 fully saturated rings. The Labute approximate surface area is 151 Å². The lowest BCUT2D eigenvalue weighted by atomic mass is 9.90. The average Bonchev–Trinajstić information content (AvgIpc) is 2.81. The number of rotatable bonds is 5. The smallest absolute Gasteiger partial charge is 0.331 e. The van der Waals surface area contributed by atoms with Gasteiger partial charge in [-0.1, -0.05) is 48.9 Å². The zero-order valence-electron chi connectivity index (χ0n) is 13.6. The van der Waals surface area contributed by atoms with E-state index in [4.69, 9.17) is 32.7 Å². The third-order valence-electron chi connectivity index (χ3n) is 4.16. The minimum Gasteiger partial charge on any atom is -0.482 e. The van der Waals surface area contributed by atoms with Crippen molar-refractivity contribution in [1.29, 1.82) is 0 Å². The lowest BCUT2D eigenvalue weighted by Crippen LogP contribution is -2.55. The zero-order valence-corrected chi connectivity index (χ0v) is 15.1. The van der Waals surface area contributed by atoms with Crippen molar-refractivity contribution in [3.8, 4) is 5.75 Å². The van der Waals surface area contributed by atoms with Gasteiger partial charge in [-0.2, -0.15) is 0 Å². The molecule has 0 spiro atoms. The standard InChI is InChI=1S/C17H21Cl2NO4/c1-23-16(22)17(8-4-2-3-5-9-17)20-15(21)11-24-14-10-12(18)6-7-13(14)19/h6-7,10H,2-5,8-9,11H2,1H3,(H,20,21). The highest BCUT2D eigenvalue weighted by Gasteiger charge is 2.41. The van der Waals surface area contributed by atoms with Gasteiger partial charge in [0.15, 0.2) is 6.61 Å². The predicted octanol–water partition coefficient (Wildman–Crippen LogP) is 3.75. The summed E-state index contributed by atoms with van der Waals surface area (Å²) in [6.07, 6.45) is 4.98. The number of carbonyl (C=O) groups is 2. The van der Waals surface area contributed by atoms with Gasteiger partial charge in [-0.15, -0.1) is 0 Å². The Bertz CT molecular complexity index is 598. The van der Waals surface area contributed by atoms with Crippen LogP contribution >= 0.6 is 23.2 Å². The zero-order chi connectivity index (χ0) is 17.6. The number of hydrogen-bond donors (Lipinski definition) is 1. The Morgan fingerprint density at radius 2 is 1.83 bits per heavy atom. The second kappa shape index (κ2) is 8.58. The van der Waals surface area contributed by atoms with Gasteiger partial charge >= 0.3 is 5.97 Å². The number of nitrogens with one attached hydrogen (secondary N) is 1. The molecular formula is C17H21Cl2NO4. The van der Waals surface area contributed by atoms with Crippen molar-refractivity contribution in [3.05, 3.63) is 28.2 Å². The van der Waals surface area contributed by atoms with Gasteiger partial charge < -0.3 is 14.8 Å². The van der Waals surface area contributed by atoms with E-state index >= 15 is 0 Å². The Morgan fingerprint density at radius 1 is 1.17 bits per heavy atom. The molecule has 132 valence electrons. The highest BCUT2D eigenvalue weighted by Crippen LogP contribution is 2.29. The van der Waals surface area contributed by atoms with Crippen LogP contribution in [0.25, 0.3) is 0 Å². The van der Waals surface area contributed by atoms with Gasteiger partial charge in [0.25, 0.3) is 5.91 Å². The van der Waals surface area contributed by atoms with Crippen LogP contribution in [0.5, 0.6) is 5.75 Å². The predicted molar refractivity (Wildman–Crippen MR) is 92.5 cm³/mol. The van der Waals surface area contributed by atoms with E-state index in [9.17, 15) is 9.59 Å². The maximum Gasteiger partial charge on any atom is 0.331 e. The molecule has 24 heavy (non-hydrogen) atoms. The van der Waals surface area contributed by atoms with E-state index in [2.05, 4.69) is 5.32 Å². The number of ether oxygens (including phenoxy) is 2. The van der Waals surface area contributed by atoms with Crippen LogP contribution in [0.4, 0.5) is 0 Å². The molecule has 2 rings (SSSR count). The molecule has 7 heteroatoms. The molecular weight excluding hydrogens is 353 g/mol. The van der Waals surface area contributed by atoms with E-state index in [1.54, 1.807) is 18.2 Å². The monoisotopic (exact) mass is 373 g/mol. The summed E-state index contributed by atoms with van der Waals surface area (Å²) >= 11 is 11.9. The SMILES string of the molecule is COC(=O)C1(NC(=O)COc2cc(Cl)ccc2Cl)CCCCCC1. The van der Waals surface area contributed by atoms with Crippen LogP contribution in [-0.4, -0.2) is 31.1 Å². The van der Waals surface area contributed by atoms with Crippen LogP contribution in [0.3, 0.4) is 0 Å².